The molecular formula is C24H34O3. The molecule has 27 heavy (non-hydrogen) atoms. The summed E-state index contributed by atoms with van der Waals surface area (Å²) in [6.07, 6.45) is 9.47. The highest BCUT2D eigenvalue weighted by atomic mass is 16.5. The second-order valence-electron chi connectivity index (χ2n) is 6.93. The molecule has 2 aromatic carbocycles. The van der Waals surface area contributed by atoms with Gasteiger partial charge >= 0.3 is 0 Å². The molecule has 0 fully saturated rings. The Kier molecular flexibility index (Phi) is 10.4. The van der Waals surface area contributed by atoms with Gasteiger partial charge in [-0.05, 0) is 73.9 Å². The molecule has 0 aliphatic rings. The van der Waals surface area contributed by atoms with Gasteiger partial charge in [0.25, 0.3) is 0 Å². The van der Waals surface area contributed by atoms with E-state index in [-0.39, 0.29) is 0 Å². The van der Waals surface area contributed by atoms with Gasteiger partial charge in [-0.25, -0.2) is 0 Å². The minimum absolute atomic E-state index is 0.890. The summed E-state index contributed by atoms with van der Waals surface area (Å²) < 4.78 is 16.1. The molecule has 3 heteroatoms. The minimum Gasteiger partial charge on any atom is -0.497 e. The highest BCUT2D eigenvalue weighted by molar-refractivity contribution is 5.27. The van der Waals surface area contributed by atoms with Gasteiger partial charge in [-0.3, -0.25) is 0 Å². The predicted molar refractivity (Wildman–Crippen MR) is 112 cm³/mol. The van der Waals surface area contributed by atoms with Gasteiger partial charge in [0.2, 0.25) is 0 Å². The normalized spacial score (nSPS) is 10.7. The number of unbranched alkanes of at least 4 members (excludes halogenated alkanes) is 4. The largest absolute Gasteiger partial charge is 0.497 e. The molecule has 3 nitrogen and oxygen atoms in total. The van der Waals surface area contributed by atoms with Crippen molar-refractivity contribution in [3.63, 3.8) is 0 Å². The molecule has 0 saturated heterocycles. The molecule has 0 unspecified atom stereocenters. The second-order valence-corrected chi connectivity index (χ2v) is 6.93. The summed E-state index contributed by atoms with van der Waals surface area (Å²) >= 11 is 0. The van der Waals surface area contributed by atoms with E-state index in [1.165, 1.54) is 36.8 Å². The molecule has 0 aliphatic heterocycles. The Bertz CT molecular complexity index is 549. The molecule has 0 bridgehead atoms. The van der Waals surface area contributed by atoms with Crippen molar-refractivity contribution < 1.29 is 14.2 Å². The average molecular weight is 371 g/mol. The molecule has 148 valence electrons. The lowest BCUT2D eigenvalue weighted by atomic mass is 10.1. The van der Waals surface area contributed by atoms with Crippen LogP contribution in [0.15, 0.2) is 48.5 Å². The lowest BCUT2D eigenvalue weighted by molar-refractivity contribution is 0.126. The Morgan fingerprint density at radius 1 is 0.519 bits per heavy atom. The van der Waals surface area contributed by atoms with Crippen molar-refractivity contribution in [2.75, 3.05) is 27.4 Å². The Balaban J connectivity index is 1.39. The third kappa shape index (κ3) is 8.96. The van der Waals surface area contributed by atoms with Gasteiger partial charge in [-0.2, -0.15) is 0 Å². The molecule has 0 spiro atoms. The first-order valence-electron chi connectivity index (χ1n) is 10.2. The molecule has 2 rings (SSSR count). The maximum Gasteiger partial charge on any atom is 0.118 e. The zero-order chi connectivity index (χ0) is 19.2. The molecule has 0 aromatic heterocycles. The van der Waals surface area contributed by atoms with Crippen molar-refractivity contribution in [3.8, 4) is 11.5 Å². The number of aryl methyl sites for hydroxylation is 2. The second kappa shape index (κ2) is 13.2. The van der Waals surface area contributed by atoms with Gasteiger partial charge in [-0.15, -0.1) is 0 Å². The number of rotatable bonds is 14. The van der Waals surface area contributed by atoms with Crippen LogP contribution >= 0.6 is 0 Å². The van der Waals surface area contributed by atoms with Crippen molar-refractivity contribution in [2.24, 2.45) is 0 Å². The van der Waals surface area contributed by atoms with Crippen LogP contribution in [0.3, 0.4) is 0 Å². The molecule has 0 amide bonds. The van der Waals surface area contributed by atoms with Gasteiger partial charge in [0.1, 0.15) is 11.5 Å². The molecule has 2 aromatic rings. The van der Waals surface area contributed by atoms with E-state index in [1.54, 1.807) is 14.2 Å². The lowest BCUT2D eigenvalue weighted by Crippen LogP contribution is -1.98. The van der Waals surface area contributed by atoms with Gasteiger partial charge < -0.3 is 14.2 Å². The Labute approximate surface area is 164 Å². The van der Waals surface area contributed by atoms with E-state index < -0.39 is 0 Å². The van der Waals surface area contributed by atoms with E-state index in [0.29, 0.717) is 0 Å². The average Bonchev–Trinajstić information content (AvgIpc) is 2.73. The lowest BCUT2D eigenvalue weighted by Gasteiger charge is -2.06. The number of hydrogen-bond acceptors (Lipinski definition) is 3. The topological polar surface area (TPSA) is 27.7 Å². The number of ether oxygens (including phenoxy) is 3. The van der Waals surface area contributed by atoms with Crippen LogP contribution in [0.2, 0.25) is 0 Å². The van der Waals surface area contributed by atoms with Crippen LogP contribution in [0, 0.1) is 0 Å². The first-order chi connectivity index (χ1) is 13.3. The fraction of sp³-hybridized carbons (Fsp3) is 0.500. The Morgan fingerprint density at radius 3 is 1.30 bits per heavy atom. The van der Waals surface area contributed by atoms with Crippen molar-refractivity contribution in [3.05, 3.63) is 59.7 Å². The third-order valence-electron chi connectivity index (χ3n) is 4.83. The maximum atomic E-state index is 5.77. The van der Waals surface area contributed by atoms with Gasteiger partial charge in [0, 0.05) is 13.2 Å². The van der Waals surface area contributed by atoms with Crippen LogP contribution in [-0.4, -0.2) is 27.4 Å². The molecule has 0 radical (unpaired) electrons. The molecule has 0 saturated carbocycles. The van der Waals surface area contributed by atoms with Crippen molar-refractivity contribution >= 4 is 0 Å². The molecular weight excluding hydrogens is 336 g/mol. The minimum atomic E-state index is 0.890. The smallest absolute Gasteiger partial charge is 0.118 e. The van der Waals surface area contributed by atoms with Crippen LogP contribution < -0.4 is 9.47 Å². The van der Waals surface area contributed by atoms with E-state index in [0.717, 1.165) is 50.4 Å². The highest BCUT2D eigenvalue weighted by Crippen LogP contribution is 2.15. The summed E-state index contributed by atoms with van der Waals surface area (Å²) in [6.45, 7) is 1.78. The fourth-order valence-electron chi connectivity index (χ4n) is 3.11. The Hall–Kier alpha value is -2.00. The third-order valence-corrected chi connectivity index (χ3v) is 4.83. The Morgan fingerprint density at radius 2 is 0.926 bits per heavy atom. The molecule has 0 heterocycles. The van der Waals surface area contributed by atoms with E-state index in [2.05, 4.69) is 24.3 Å². The van der Waals surface area contributed by atoms with E-state index in [4.69, 9.17) is 14.2 Å². The van der Waals surface area contributed by atoms with Crippen LogP contribution in [0.1, 0.15) is 49.7 Å². The van der Waals surface area contributed by atoms with E-state index in [9.17, 15) is 0 Å². The monoisotopic (exact) mass is 370 g/mol. The summed E-state index contributed by atoms with van der Waals surface area (Å²) in [5, 5.41) is 0. The predicted octanol–water partition coefficient (Wildman–Crippen LogP) is 5.85. The zero-order valence-corrected chi connectivity index (χ0v) is 16.9. The number of methoxy groups -OCH3 is 2. The summed E-state index contributed by atoms with van der Waals surface area (Å²) in [4.78, 5) is 0. The van der Waals surface area contributed by atoms with Crippen molar-refractivity contribution in [2.45, 2.75) is 51.4 Å². The van der Waals surface area contributed by atoms with Crippen molar-refractivity contribution in [1.82, 2.24) is 0 Å². The first kappa shape index (κ1) is 21.3. The van der Waals surface area contributed by atoms with Gasteiger partial charge in [-0.1, -0.05) is 37.1 Å². The van der Waals surface area contributed by atoms with E-state index in [1.807, 2.05) is 24.3 Å². The van der Waals surface area contributed by atoms with Crippen LogP contribution in [0.4, 0.5) is 0 Å². The summed E-state index contributed by atoms with van der Waals surface area (Å²) in [5.74, 6) is 1.85. The number of hydrogen-bond donors (Lipinski definition) is 0. The summed E-state index contributed by atoms with van der Waals surface area (Å²) in [6, 6.07) is 16.8. The van der Waals surface area contributed by atoms with Crippen LogP contribution in [-0.2, 0) is 17.6 Å². The maximum absolute atomic E-state index is 5.77. The number of benzene rings is 2. The molecule has 0 N–H and O–H groups in total. The SMILES string of the molecule is COc1ccc(CCCCCOCCCCCc2ccc(OC)cc2)cc1. The van der Waals surface area contributed by atoms with Crippen LogP contribution in [0.5, 0.6) is 11.5 Å². The quantitative estimate of drug-likeness (QED) is 0.391. The molecule has 0 atom stereocenters. The summed E-state index contributed by atoms with van der Waals surface area (Å²) in [5.41, 5.74) is 2.77. The van der Waals surface area contributed by atoms with Gasteiger partial charge in [0.15, 0.2) is 0 Å². The van der Waals surface area contributed by atoms with Gasteiger partial charge in [0.05, 0.1) is 14.2 Å². The standard InChI is InChI=1S/C24H34O3/c1-25-23-15-11-21(12-16-23)9-5-3-7-19-27-20-8-4-6-10-22-13-17-24(26-2)18-14-22/h11-18H,3-10,19-20H2,1-2H3. The van der Waals surface area contributed by atoms with Crippen molar-refractivity contribution in [1.29, 1.82) is 0 Å². The molecule has 0 aliphatic carbocycles. The summed E-state index contributed by atoms with van der Waals surface area (Å²) in [7, 11) is 3.41. The first-order valence-corrected chi connectivity index (χ1v) is 10.2. The fourth-order valence-corrected chi connectivity index (χ4v) is 3.11. The highest BCUT2D eigenvalue weighted by Gasteiger charge is 1.97. The van der Waals surface area contributed by atoms with Crippen LogP contribution in [0.25, 0.3) is 0 Å². The van der Waals surface area contributed by atoms with E-state index >= 15 is 0 Å². The zero-order valence-electron chi connectivity index (χ0n) is 16.9.